The standard InChI is InChI=1S/C14H24O3/c1-11-5-12(2)7-14(4,8(11)15)10(17)13(3,6-11)9(12)16/h8-10,15-17H,5-7H2,1-4H3. The number of hydrogen-bond donors (Lipinski definition) is 3. The van der Waals surface area contributed by atoms with Crippen LogP contribution in [-0.4, -0.2) is 33.6 Å². The van der Waals surface area contributed by atoms with Gasteiger partial charge in [-0.15, -0.1) is 0 Å². The fourth-order valence-electron chi connectivity index (χ4n) is 6.21. The fourth-order valence-corrected chi connectivity index (χ4v) is 6.21. The van der Waals surface area contributed by atoms with E-state index in [1.807, 2.05) is 13.8 Å². The van der Waals surface area contributed by atoms with Crippen molar-refractivity contribution in [2.24, 2.45) is 21.7 Å². The maximum absolute atomic E-state index is 10.6. The SMILES string of the molecule is CC12CC3(C)CC(C)(C1O)C(O)C(C)(C2)C3O. The first-order valence-electron chi connectivity index (χ1n) is 6.63. The highest BCUT2D eigenvalue weighted by Crippen LogP contribution is 2.73. The van der Waals surface area contributed by atoms with E-state index in [0.29, 0.717) is 12.8 Å². The zero-order chi connectivity index (χ0) is 12.9. The molecule has 6 unspecified atom stereocenters. The average molecular weight is 240 g/mol. The van der Waals surface area contributed by atoms with Crippen molar-refractivity contribution in [2.75, 3.05) is 0 Å². The summed E-state index contributed by atoms with van der Waals surface area (Å²) in [7, 11) is 0. The lowest BCUT2D eigenvalue weighted by Crippen LogP contribution is -2.77. The molecule has 0 amide bonds. The molecule has 4 fully saturated rings. The van der Waals surface area contributed by atoms with E-state index in [1.54, 1.807) is 0 Å². The van der Waals surface area contributed by atoms with E-state index < -0.39 is 29.1 Å². The van der Waals surface area contributed by atoms with Gasteiger partial charge in [0.15, 0.2) is 0 Å². The Labute approximate surface area is 103 Å². The van der Waals surface area contributed by atoms with Gasteiger partial charge in [-0.3, -0.25) is 0 Å². The summed E-state index contributed by atoms with van der Waals surface area (Å²) in [6.07, 6.45) is 0.766. The molecule has 6 atom stereocenters. The molecule has 0 spiro atoms. The third kappa shape index (κ3) is 1.05. The summed E-state index contributed by atoms with van der Waals surface area (Å²) >= 11 is 0. The van der Waals surface area contributed by atoms with E-state index in [0.717, 1.165) is 6.42 Å². The van der Waals surface area contributed by atoms with Crippen LogP contribution in [0.25, 0.3) is 0 Å². The molecule has 4 aliphatic carbocycles. The van der Waals surface area contributed by atoms with Crippen LogP contribution in [0.5, 0.6) is 0 Å². The van der Waals surface area contributed by atoms with Crippen molar-refractivity contribution in [1.82, 2.24) is 0 Å². The maximum atomic E-state index is 10.6. The highest BCUT2D eigenvalue weighted by atomic mass is 16.3. The molecule has 3 heteroatoms. The molecule has 0 heterocycles. The van der Waals surface area contributed by atoms with E-state index in [-0.39, 0.29) is 10.8 Å². The van der Waals surface area contributed by atoms with E-state index >= 15 is 0 Å². The molecule has 0 aromatic rings. The van der Waals surface area contributed by atoms with Gasteiger partial charge in [0.2, 0.25) is 0 Å². The van der Waals surface area contributed by atoms with E-state index in [2.05, 4.69) is 13.8 Å². The van der Waals surface area contributed by atoms with Crippen LogP contribution in [0.1, 0.15) is 47.0 Å². The monoisotopic (exact) mass is 240 g/mol. The van der Waals surface area contributed by atoms with Gasteiger partial charge in [0.25, 0.3) is 0 Å². The topological polar surface area (TPSA) is 60.7 Å². The third-order valence-electron chi connectivity index (χ3n) is 6.20. The van der Waals surface area contributed by atoms with Gasteiger partial charge in [-0.2, -0.15) is 0 Å². The summed E-state index contributed by atoms with van der Waals surface area (Å²) < 4.78 is 0. The first-order chi connectivity index (χ1) is 7.59. The van der Waals surface area contributed by atoms with Crippen molar-refractivity contribution in [3.63, 3.8) is 0 Å². The zero-order valence-electron chi connectivity index (χ0n) is 11.2. The number of rotatable bonds is 0. The minimum absolute atomic E-state index is 0.158. The lowest BCUT2D eigenvalue weighted by atomic mass is 9.33. The summed E-state index contributed by atoms with van der Waals surface area (Å²) in [5.41, 5.74) is -1.24. The third-order valence-corrected chi connectivity index (χ3v) is 6.20. The van der Waals surface area contributed by atoms with Gasteiger partial charge >= 0.3 is 0 Å². The first-order valence-corrected chi connectivity index (χ1v) is 6.63. The second-order valence-corrected chi connectivity index (χ2v) is 8.06. The Bertz CT molecular complexity index is 350. The van der Waals surface area contributed by atoms with Crippen molar-refractivity contribution in [3.05, 3.63) is 0 Å². The minimum Gasteiger partial charge on any atom is -0.392 e. The van der Waals surface area contributed by atoms with E-state index in [9.17, 15) is 15.3 Å². The second-order valence-electron chi connectivity index (χ2n) is 8.06. The molecule has 0 radical (unpaired) electrons. The Morgan fingerprint density at radius 3 is 1.35 bits per heavy atom. The lowest BCUT2D eigenvalue weighted by molar-refractivity contribution is -0.337. The van der Waals surface area contributed by atoms with Crippen LogP contribution >= 0.6 is 0 Å². The lowest BCUT2D eigenvalue weighted by Gasteiger charge is -2.74. The molecule has 0 saturated heterocycles. The number of aliphatic hydroxyl groups is 3. The van der Waals surface area contributed by atoms with Crippen LogP contribution in [0, 0.1) is 21.7 Å². The summed E-state index contributed by atoms with van der Waals surface area (Å²) in [5, 5.41) is 31.8. The van der Waals surface area contributed by atoms with Crippen molar-refractivity contribution in [1.29, 1.82) is 0 Å². The number of aliphatic hydroxyl groups excluding tert-OH is 3. The van der Waals surface area contributed by atoms with Crippen LogP contribution < -0.4 is 0 Å². The maximum Gasteiger partial charge on any atom is 0.0697 e. The Hall–Kier alpha value is -0.120. The molecule has 4 rings (SSSR count). The highest BCUT2D eigenvalue weighted by molar-refractivity contribution is 5.24. The zero-order valence-corrected chi connectivity index (χ0v) is 11.2. The molecule has 3 nitrogen and oxygen atoms in total. The van der Waals surface area contributed by atoms with Crippen molar-refractivity contribution in [3.8, 4) is 0 Å². The first kappa shape index (κ1) is 11.9. The quantitative estimate of drug-likeness (QED) is 0.598. The Morgan fingerprint density at radius 2 is 1.00 bits per heavy atom. The van der Waals surface area contributed by atoms with Gasteiger partial charge in [0.1, 0.15) is 0 Å². The van der Waals surface area contributed by atoms with Crippen LogP contribution in [0.4, 0.5) is 0 Å². The molecule has 98 valence electrons. The molecular weight excluding hydrogens is 216 g/mol. The summed E-state index contributed by atoms with van der Waals surface area (Å²) in [4.78, 5) is 0. The van der Waals surface area contributed by atoms with Crippen molar-refractivity contribution in [2.45, 2.75) is 65.3 Å². The predicted molar refractivity (Wildman–Crippen MR) is 64.3 cm³/mol. The smallest absolute Gasteiger partial charge is 0.0697 e. The minimum atomic E-state index is -0.610. The molecule has 17 heavy (non-hydrogen) atoms. The van der Waals surface area contributed by atoms with E-state index in [4.69, 9.17) is 0 Å². The summed E-state index contributed by atoms with van der Waals surface area (Å²) in [6, 6.07) is 0. The molecule has 0 aliphatic heterocycles. The second kappa shape index (κ2) is 2.73. The largest absolute Gasteiger partial charge is 0.392 e. The van der Waals surface area contributed by atoms with Crippen LogP contribution in [-0.2, 0) is 0 Å². The normalized spacial score (nSPS) is 69.7. The molecule has 4 aliphatic rings. The van der Waals surface area contributed by atoms with Gasteiger partial charge in [0.05, 0.1) is 18.3 Å². The molecule has 0 aromatic heterocycles. The summed E-state index contributed by atoms with van der Waals surface area (Å²) in [5.74, 6) is 0. The van der Waals surface area contributed by atoms with Gasteiger partial charge in [0, 0.05) is 10.8 Å². The predicted octanol–water partition coefficient (Wildman–Crippen LogP) is 1.31. The average Bonchev–Trinajstić information content (AvgIpc) is 2.20. The molecule has 4 bridgehead atoms. The van der Waals surface area contributed by atoms with Gasteiger partial charge < -0.3 is 15.3 Å². The van der Waals surface area contributed by atoms with Crippen LogP contribution in [0.15, 0.2) is 0 Å². The highest BCUT2D eigenvalue weighted by Gasteiger charge is 2.74. The van der Waals surface area contributed by atoms with Crippen LogP contribution in [0.3, 0.4) is 0 Å². The van der Waals surface area contributed by atoms with Crippen LogP contribution in [0.2, 0.25) is 0 Å². The fraction of sp³-hybridized carbons (Fsp3) is 1.00. The van der Waals surface area contributed by atoms with Gasteiger partial charge in [-0.25, -0.2) is 0 Å². The number of hydrogen-bond acceptors (Lipinski definition) is 3. The molecule has 4 saturated carbocycles. The van der Waals surface area contributed by atoms with Gasteiger partial charge in [-0.05, 0) is 30.1 Å². The van der Waals surface area contributed by atoms with Crippen molar-refractivity contribution >= 4 is 0 Å². The van der Waals surface area contributed by atoms with Crippen molar-refractivity contribution < 1.29 is 15.3 Å². The van der Waals surface area contributed by atoms with E-state index in [1.165, 1.54) is 0 Å². The molecule has 3 N–H and O–H groups in total. The van der Waals surface area contributed by atoms with Gasteiger partial charge in [-0.1, -0.05) is 27.7 Å². The molecular formula is C14H24O3. The molecule has 0 aromatic carbocycles. The summed E-state index contributed by atoms with van der Waals surface area (Å²) in [6.45, 7) is 8.20. The Balaban J connectivity index is 2.20. The Morgan fingerprint density at radius 1 is 0.647 bits per heavy atom. The Kier molecular flexibility index (Phi) is 1.92.